The molecule has 2 aromatic carbocycles. The molecule has 0 unspecified atom stereocenters. The minimum atomic E-state index is -3.24. The fraction of sp³-hybridized carbons (Fsp3) is 0.345. The molecule has 4 rings (SSSR count). The van der Waals surface area contributed by atoms with Crippen molar-refractivity contribution in [2.75, 3.05) is 12.3 Å². The Balaban J connectivity index is 1.45. The number of fused-ring (bicyclic) bond motifs is 1. The van der Waals surface area contributed by atoms with Crippen molar-refractivity contribution in [1.82, 2.24) is 15.2 Å². The van der Waals surface area contributed by atoms with Crippen LogP contribution in [0, 0.1) is 17.2 Å². The van der Waals surface area contributed by atoms with Gasteiger partial charge in [0.05, 0.1) is 39.6 Å². The van der Waals surface area contributed by atoms with Crippen LogP contribution < -0.4 is 5.32 Å². The fourth-order valence-electron chi connectivity index (χ4n) is 4.79. The Bertz CT molecular complexity index is 1410. The smallest absolute Gasteiger partial charge is 0.253 e. The van der Waals surface area contributed by atoms with E-state index in [1.165, 1.54) is 0 Å². The molecular formula is C29H32N4O3S. The van der Waals surface area contributed by atoms with Gasteiger partial charge in [0, 0.05) is 25.8 Å². The van der Waals surface area contributed by atoms with E-state index in [9.17, 15) is 13.2 Å². The average Bonchev–Trinajstić information content (AvgIpc) is 2.91. The van der Waals surface area contributed by atoms with Crippen molar-refractivity contribution in [3.05, 3.63) is 94.3 Å². The van der Waals surface area contributed by atoms with Crippen molar-refractivity contribution in [3.8, 4) is 6.07 Å². The molecule has 1 aliphatic rings. The molecule has 3 aromatic rings. The van der Waals surface area contributed by atoms with E-state index in [0.717, 1.165) is 41.9 Å². The van der Waals surface area contributed by atoms with Crippen LogP contribution in [0.2, 0.25) is 0 Å². The van der Waals surface area contributed by atoms with Crippen LogP contribution in [0.3, 0.4) is 0 Å². The summed E-state index contributed by atoms with van der Waals surface area (Å²) in [6, 6.07) is 18.6. The second-order valence-electron chi connectivity index (χ2n) is 9.72. The predicted molar refractivity (Wildman–Crippen MR) is 142 cm³/mol. The lowest BCUT2D eigenvalue weighted by Crippen LogP contribution is -2.38. The Morgan fingerprint density at radius 2 is 1.81 bits per heavy atom. The third-order valence-electron chi connectivity index (χ3n) is 6.82. The summed E-state index contributed by atoms with van der Waals surface area (Å²) in [6.07, 6.45) is 2.45. The third-order valence-corrected chi connectivity index (χ3v) is 8.57. The zero-order chi connectivity index (χ0) is 26.6. The van der Waals surface area contributed by atoms with Gasteiger partial charge in [-0.15, -0.1) is 0 Å². The lowest BCUT2D eigenvalue weighted by Gasteiger charge is -2.39. The molecule has 1 amide bonds. The zero-order valence-corrected chi connectivity index (χ0v) is 22.3. The Morgan fingerprint density at radius 1 is 1.14 bits per heavy atom. The first-order chi connectivity index (χ1) is 17.7. The van der Waals surface area contributed by atoms with Crippen LogP contribution in [0.25, 0.3) is 0 Å². The summed E-state index contributed by atoms with van der Waals surface area (Å²) in [7, 11) is -3.24. The second-order valence-corrected chi connectivity index (χ2v) is 12.0. The topological polar surface area (TPSA) is 103 Å². The van der Waals surface area contributed by atoms with Gasteiger partial charge in [-0.25, -0.2) is 8.42 Å². The molecule has 37 heavy (non-hydrogen) atoms. The highest BCUT2D eigenvalue weighted by Gasteiger charge is 2.31. The molecule has 0 saturated heterocycles. The fourth-order valence-corrected chi connectivity index (χ4v) is 5.67. The van der Waals surface area contributed by atoms with Crippen LogP contribution in [0.15, 0.2) is 65.7 Å². The predicted octanol–water partition coefficient (Wildman–Crippen LogP) is 4.43. The molecule has 2 heterocycles. The molecule has 1 aromatic heterocycles. The number of pyridine rings is 1. The van der Waals surface area contributed by atoms with E-state index in [-0.39, 0.29) is 22.6 Å². The number of aromatic nitrogens is 1. The first-order valence-corrected chi connectivity index (χ1v) is 14.2. The number of hydrogen-bond donors (Lipinski definition) is 1. The number of benzene rings is 2. The molecular weight excluding hydrogens is 484 g/mol. The number of sulfone groups is 1. The van der Waals surface area contributed by atoms with Crippen molar-refractivity contribution < 1.29 is 13.2 Å². The highest BCUT2D eigenvalue weighted by Crippen LogP contribution is 2.35. The molecule has 0 spiro atoms. The molecule has 1 atom stereocenters. The monoisotopic (exact) mass is 516 g/mol. The van der Waals surface area contributed by atoms with E-state index in [4.69, 9.17) is 10.2 Å². The molecule has 8 heteroatoms. The lowest BCUT2D eigenvalue weighted by atomic mass is 9.89. The lowest BCUT2D eigenvalue weighted by molar-refractivity contribution is 0.0949. The van der Waals surface area contributed by atoms with Gasteiger partial charge in [-0.1, -0.05) is 45.0 Å². The first-order valence-electron chi connectivity index (χ1n) is 12.5. The number of amides is 1. The van der Waals surface area contributed by atoms with E-state index in [1.54, 1.807) is 37.4 Å². The number of nitrogens with zero attached hydrogens (tertiary/aromatic N) is 3. The van der Waals surface area contributed by atoms with Crippen LogP contribution in [0.1, 0.15) is 65.1 Å². The number of carbonyl (C=O) groups excluding carboxylic acids is 1. The number of carbonyl (C=O) groups is 1. The summed E-state index contributed by atoms with van der Waals surface area (Å²) in [5.41, 5.74) is 5.27. The largest absolute Gasteiger partial charge is 0.348 e. The maximum absolute atomic E-state index is 12.9. The molecule has 0 aliphatic carbocycles. The first kappa shape index (κ1) is 26.5. The number of hydrogen-bond acceptors (Lipinski definition) is 6. The van der Waals surface area contributed by atoms with Gasteiger partial charge < -0.3 is 5.32 Å². The summed E-state index contributed by atoms with van der Waals surface area (Å²) in [4.78, 5) is 20.3. The normalized spacial score (nSPS) is 15.7. The second kappa shape index (κ2) is 11.2. The molecule has 0 saturated carbocycles. The van der Waals surface area contributed by atoms with Crippen molar-refractivity contribution in [3.63, 3.8) is 0 Å². The minimum absolute atomic E-state index is 0.0548. The Hall–Kier alpha value is -3.54. The molecule has 192 valence electrons. The number of nitriles is 1. The SMILES string of the molecule is CCS(=O)(=O)c1ccc(CNC(=O)c2cnc3c(c2)CCN(Cc2ccc(C#N)cc2)[C@H]3C(C)C)cc1. The van der Waals surface area contributed by atoms with Crippen LogP contribution in [-0.4, -0.2) is 36.5 Å². The molecule has 7 nitrogen and oxygen atoms in total. The van der Waals surface area contributed by atoms with Gasteiger partial charge in [0.2, 0.25) is 0 Å². The molecule has 0 bridgehead atoms. The highest BCUT2D eigenvalue weighted by molar-refractivity contribution is 7.91. The van der Waals surface area contributed by atoms with Crippen molar-refractivity contribution >= 4 is 15.7 Å². The van der Waals surface area contributed by atoms with E-state index in [1.807, 2.05) is 30.3 Å². The van der Waals surface area contributed by atoms with Crippen molar-refractivity contribution in [2.24, 2.45) is 5.92 Å². The molecule has 1 aliphatic heterocycles. The summed E-state index contributed by atoms with van der Waals surface area (Å²) in [5.74, 6) is 0.185. The Labute approximate surface area is 219 Å². The third kappa shape index (κ3) is 6.07. The number of nitrogens with one attached hydrogen (secondary N) is 1. The summed E-state index contributed by atoms with van der Waals surface area (Å²) >= 11 is 0. The molecule has 0 radical (unpaired) electrons. The summed E-state index contributed by atoms with van der Waals surface area (Å²) in [6.45, 7) is 7.92. The zero-order valence-electron chi connectivity index (χ0n) is 21.4. The van der Waals surface area contributed by atoms with Gasteiger partial charge >= 0.3 is 0 Å². The van der Waals surface area contributed by atoms with Crippen molar-refractivity contribution in [2.45, 2.75) is 51.2 Å². The summed E-state index contributed by atoms with van der Waals surface area (Å²) in [5, 5.41) is 12.0. The summed E-state index contributed by atoms with van der Waals surface area (Å²) < 4.78 is 24.0. The van der Waals surface area contributed by atoms with Gasteiger partial charge in [-0.05, 0) is 59.4 Å². The Morgan fingerprint density at radius 3 is 2.43 bits per heavy atom. The molecule has 1 N–H and O–H groups in total. The van der Waals surface area contributed by atoms with Crippen LogP contribution in [-0.2, 0) is 29.3 Å². The van der Waals surface area contributed by atoms with Gasteiger partial charge in [0.15, 0.2) is 9.84 Å². The van der Waals surface area contributed by atoms with E-state index < -0.39 is 9.84 Å². The Kier molecular flexibility index (Phi) is 8.06. The van der Waals surface area contributed by atoms with Gasteiger partial charge in [0.1, 0.15) is 0 Å². The van der Waals surface area contributed by atoms with E-state index in [2.05, 4.69) is 30.1 Å². The highest BCUT2D eigenvalue weighted by atomic mass is 32.2. The van der Waals surface area contributed by atoms with Crippen molar-refractivity contribution in [1.29, 1.82) is 5.26 Å². The number of rotatable bonds is 8. The van der Waals surface area contributed by atoms with Gasteiger partial charge in [-0.3, -0.25) is 14.7 Å². The maximum Gasteiger partial charge on any atom is 0.253 e. The minimum Gasteiger partial charge on any atom is -0.348 e. The van der Waals surface area contributed by atoms with E-state index in [0.29, 0.717) is 23.6 Å². The standard InChI is InChI=1S/C29H32N4O3S/c1-4-37(35,36)26-11-9-22(10-12-26)17-32-29(34)25-15-24-13-14-33(28(20(2)3)27(24)31-18-25)19-23-7-5-21(16-30)6-8-23/h5-12,15,18,20,28H,4,13-14,17,19H2,1-3H3,(H,32,34)/t28-/m0/s1. The van der Waals surface area contributed by atoms with Gasteiger partial charge in [0.25, 0.3) is 5.91 Å². The van der Waals surface area contributed by atoms with E-state index >= 15 is 0 Å². The van der Waals surface area contributed by atoms with Crippen LogP contribution in [0.4, 0.5) is 0 Å². The van der Waals surface area contributed by atoms with Crippen LogP contribution >= 0.6 is 0 Å². The maximum atomic E-state index is 12.9. The van der Waals surface area contributed by atoms with Crippen LogP contribution in [0.5, 0.6) is 0 Å². The van der Waals surface area contributed by atoms with Gasteiger partial charge in [-0.2, -0.15) is 5.26 Å². The quantitative estimate of drug-likeness (QED) is 0.475. The average molecular weight is 517 g/mol. The molecule has 0 fully saturated rings.